The van der Waals surface area contributed by atoms with Crippen LogP contribution in [-0.2, 0) is 0 Å². The van der Waals surface area contributed by atoms with Gasteiger partial charge in [-0.2, -0.15) is 0 Å². The van der Waals surface area contributed by atoms with Gasteiger partial charge in [-0.1, -0.05) is 36.5 Å². The maximum Gasteiger partial charge on any atom is 0.166 e. The molecule has 1 aromatic rings. The van der Waals surface area contributed by atoms with Crippen LogP contribution >= 0.6 is 16.8 Å². The molecule has 0 amide bonds. The summed E-state index contributed by atoms with van der Waals surface area (Å²) in [6, 6.07) is 0. The van der Waals surface area contributed by atoms with E-state index >= 15 is 0 Å². The van der Waals surface area contributed by atoms with Gasteiger partial charge < -0.3 is 29.4 Å². The third-order valence-electron chi connectivity index (χ3n) is 6.88. The number of benzene rings is 1. The Bertz CT molecular complexity index is 1000. The average Bonchev–Trinajstić information content (AvgIpc) is 2.86. The lowest BCUT2D eigenvalue weighted by molar-refractivity contribution is 0.416. The third kappa shape index (κ3) is 7.98. The van der Waals surface area contributed by atoms with E-state index in [2.05, 4.69) is 86.1 Å². The van der Waals surface area contributed by atoms with Crippen LogP contribution in [0.15, 0.2) is 60.0 Å². The Labute approximate surface area is 217 Å². The fourth-order valence-corrected chi connectivity index (χ4v) is 5.20. The van der Waals surface area contributed by atoms with Gasteiger partial charge in [0.15, 0.2) is 16.8 Å². The van der Waals surface area contributed by atoms with Crippen molar-refractivity contribution >= 4 is 28.9 Å². The highest BCUT2D eigenvalue weighted by Gasteiger charge is 2.13. The molecule has 0 aromatic heterocycles. The summed E-state index contributed by atoms with van der Waals surface area (Å²) in [6.45, 7) is 11.6. The molecule has 6 nitrogen and oxygen atoms in total. The van der Waals surface area contributed by atoms with Crippen molar-refractivity contribution in [3.63, 3.8) is 0 Å². The van der Waals surface area contributed by atoms with Crippen molar-refractivity contribution in [2.45, 2.75) is 27.7 Å². The van der Waals surface area contributed by atoms with Gasteiger partial charge in [0.2, 0.25) is 0 Å². The maximum atomic E-state index is 9.12. The summed E-state index contributed by atoms with van der Waals surface area (Å²) < 4.78 is 0. The van der Waals surface area contributed by atoms with Gasteiger partial charge in [0.05, 0.1) is 0 Å². The van der Waals surface area contributed by atoms with Crippen molar-refractivity contribution in [3.05, 3.63) is 93.4 Å². The molecule has 0 spiro atoms. The molecule has 0 bridgehead atoms. The molecular formula is C28H38N2O4P2. The molecule has 0 saturated carbocycles. The minimum absolute atomic E-state index is 0.401. The molecule has 2 aliphatic heterocycles. The predicted octanol–water partition coefficient (Wildman–Crippen LogP) is 5.05. The maximum absolute atomic E-state index is 9.12. The third-order valence-corrected chi connectivity index (χ3v) is 8.08. The standard InChI is InChI=1S/C28H38N2O4P2/c1-21-22(2)28(8-6-26-11-15-30(16-12-26)18-20-36(33)34)24(4)23(3)27(21)7-5-25-9-13-29(14-10-25)17-19-35(31)32/h5-13,15,31-34H,14,16-20H2,1-4H3/b7-5+,8-6+. The van der Waals surface area contributed by atoms with Crippen molar-refractivity contribution in [1.82, 2.24) is 9.80 Å². The second-order valence-electron chi connectivity index (χ2n) is 9.22. The van der Waals surface area contributed by atoms with E-state index in [-0.39, 0.29) is 0 Å². The highest BCUT2D eigenvalue weighted by molar-refractivity contribution is 7.45. The zero-order chi connectivity index (χ0) is 26.2. The molecule has 0 radical (unpaired) electrons. The topological polar surface area (TPSA) is 87.4 Å². The van der Waals surface area contributed by atoms with Crippen molar-refractivity contribution in [2.24, 2.45) is 0 Å². The summed E-state index contributed by atoms with van der Waals surface area (Å²) in [7, 11) is -3.68. The first-order valence-electron chi connectivity index (χ1n) is 12.2. The molecule has 36 heavy (non-hydrogen) atoms. The first-order chi connectivity index (χ1) is 17.2. The zero-order valence-corrected chi connectivity index (χ0v) is 23.4. The van der Waals surface area contributed by atoms with Crippen molar-refractivity contribution in [1.29, 1.82) is 0 Å². The van der Waals surface area contributed by atoms with E-state index in [1.54, 1.807) is 0 Å². The molecule has 1 aromatic carbocycles. The van der Waals surface area contributed by atoms with Gasteiger partial charge in [-0.05, 0) is 96.8 Å². The highest BCUT2D eigenvalue weighted by atomic mass is 31.2. The molecule has 3 rings (SSSR count). The van der Waals surface area contributed by atoms with Gasteiger partial charge in [0.25, 0.3) is 0 Å². The average molecular weight is 529 g/mol. The van der Waals surface area contributed by atoms with E-state index in [0.717, 1.165) is 24.2 Å². The Morgan fingerprint density at radius 3 is 1.28 bits per heavy atom. The number of nitrogens with zero attached hydrogens (tertiary/aromatic N) is 2. The molecule has 0 atom stereocenters. The molecule has 2 aliphatic rings. The smallest absolute Gasteiger partial charge is 0.166 e. The van der Waals surface area contributed by atoms with Gasteiger partial charge in [0, 0.05) is 38.5 Å². The molecule has 4 N–H and O–H groups in total. The van der Waals surface area contributed by atoms with Gasteiger partial charge in [-0.15, -0.1) is 0 Å². The van der Waals surface area contributed by atoms with E-state index < -0.39 is 16.8 Å². The minimum Gasteiger partial charge on any atom is -0.373 e. The fraction of sp³-hybridized carbons (Fsp3) is 0.357. The van der Waals surface area contributed by atoms with Gasteiger partial charge in [-0.3, -0.25) is 0 Å². The monoisotopic (exact) mass is 528 g/mol. The Balaban J connectivity index is 1.69. The van der Waals surface area contributed by atoms with Gasteiger partial charge in [-0.25, -0.2) is 0 Å². The lowest BCUT2D eigenvalue weighted by Crippen LogP contribution is -2.22. The first-order valence-corrected chi connectivity index (χ1v) is 15.0. The quantitative estimate of drug-likeness (QED) is 0.318. The Morgan fingerprint density at radius 2 is 1.00 bits per heavy atom. The lowest BCUT2D eigenvalue weighted by Gasteiger charge is -2.22. The Hall–Kier alpha value is -2.04. The lowest BCUT2D eigenvalue weighted by atomic mass is 9.88. The van der Waals surface area contributed by atoms with Crippen LogP contribution in [0.1, 0.15) is 33.4 Å². The molecule has 0 saturated heterocycles. The van der Waals surface area contributed by atoms with Crippen molar-refractivity contribution in [2.75, 3.05) is 38.5 Å². The van der Waals surface area contributed by atoms with E-state index in [1.165, 1.54) is 33.4 Å². The van der Waals surface area contributed by atoms with Crippen LogP contribution in [0, 0.1) is 27.7 Å². The first kappa shape index (κ1) is 28.5. The van der Waals surface area contributed by atoms with Crippen molar-refractivity contribution < 1.29 is 19.6 Å². The highest BCUT2D eigenvalue weighted by Crippen LogP contribution is 2.30. The van der Waals surface area contributed by atoms with Crippen LogP contribution in [0.25, 0.3) is 12.2 Å². The van der Waals surface area contributed by atoms with Crippen LogP contribution in [0.5, 0.6) is 0 Å². The number of hydrogen-bond donors (Lipinski definition) is 4. The second kappa shape index (κ2) is 13.5. The van der Waals surface area contributed by atoms with Crippen LogP contribution in [0.4, 0.5) is 0 Å². The van der Waals surface area contributed by atoms with Crippen LogP contribution in [0.3, 0.4) is 0 Å². The predicted molar refractivity (Wildman–Crippen MR) is 153 cm³/mol. The molecule has 0 fully saturated rings. The molecule has 2 heterocycles. The summed E-state index contributed by atoms with van der Waals surface area (Å²) in [4.78, 5) is 40.7. The van der Waals surface area contributed by atoms with E-state index in [4.69, 9.17) is 19.6 Å². The molecule has 0 unspecified atom stereocenters. The number of rotatable bonds is 10. The van der Waals surface area contributed by atoms with E-state index in [9.17, 15) is 0 Å². The minimum atomic E-state index is -1.84. The van der Waals surface area contributed by atoms with Crippen LogP contribution in [-0.4, -0.2) is 67.9 Å². The number of allylic oxidation sites excluding steroid dienone is 6. The van der Waals surface area contributed by atoms with Gasteiger partial charge >= 0.3 is 0 Å². The molecular weight excluding hydrogens is 490 g/mol. The summed E-state index contributed by atoms with van der Waals surface area (Å²) in [5, 5.41) is 0. The molecule has 194 valence electrons. The Morgan fingerprint density at radius 1 is 0.639 bits per heavy atom. The molecule has 0 aliphatic carbocycles. The van der Waals surface area contributed by atoms with E-state index in [1.807, 2.05) is 12.4 Å². The molecule has 8 heteroatoms. The normalized spacial score (nSPS) is 16.3. The fourth-order valence-electron chi connectivity index (χ4n) is 4.33. The van der Waals surface area contributed by atoms with Gasteiger partial charge in [0.1, 0.15) is 0 Å². The second-order valence-corrected chi connectivity index (χ2v) is 11.6. The largest absolute Gasteiger partial charge is 0.373 e. The zero-order valence-electron chi connectivity index (χ0n) is 21.6. The summed E-state index contributed by atoms with van der Waals surface area (Å²) >= 11 is 0. The van der Waals surface area contributed by atoms with Crippen LogP contribution in [0.2, 0.25) is 0 Å². The van der Waals surface area contributed by atoms with E-state index in [0.29, 0.717) is 25.4 Å². The summed E-state index contributed by atoms with van der Waals surface area (Å²) in [6.07, 6.45) is 22.0. The van der Waals surface area contributed by atoms with Crippen LogP contribution < -0.4 is 0 Å². The Kier molecular flexibility index (Phi) is 10.7. The summed E-state index contributed by atoms with van der Waals surface area (Å²) in [5.74, 6) is 0. The SMILES string of the molecule is Cc1c(C)c(/C=C/C2=CCN(CCP(O)O)C=C2)c(C)c(C)c1/C=C/C1=CCN(CCP(O)O)C=C1. The number of hydrogen-bond acceptors (Lipinski definition) is 6. The van der Waals surface area contributed by atoms with Crippen molar-refractivity contribution in [3.8, 4) is 0 Å². The summed E-state index contributed by atoms with van der Waals surface area (Å²) in [5.41, 5.74) is 9.92.